The number of nitrogens with zero attached hydrogens (tertiary/aromatic N) is 1. The minimum atomic E-state index is -0.620. The summed E-state index contributed by atoms with van der Waals surface area (Å²) in [5, 5.41) is 9.77. The summed E-state index contributed by atoms with van der Waals surface area (Å²) in [6.45, 7) is -0.0384. The van der Waals surface area contributed by atoms with Gasteiger partial charge in [0.2, 0.25) is 0 Å². The summed E-state index contributed by atoms with van der Waals surface area (Å²) in [5.41, 5.74) is 7.53. The highest BCUT2D eigenvalue weighted by Gasteiger charge is 2.32. The Labute approximate surface area is 87.9 Å². The van der Waals surface area contributed by atoms with Crippen molar-refractivity contribution in [2.45, 2.75) is 24.8 Å². The van der Waals surface area contributed by atoms with Crippen molar-refractivity contribution >= 4 is 11.6 Å². The molecule has 1 heterocycles. The highest BCUT2D eigenvalue weighted by Crippen LogP contribution is 2.33. The van der Waals surface area contributed by atoms with Gasteiger partial charge in [0.05, 0.1) is 12.1 Å². The Morgan fingerprint density at radius 3 is 3.14 bits per heavy atom. The van der Waals surface area contributed by atoms with Crippen LogP contribution in [0.2, 0.25) is 5.15 Å². The number of aliphatic hydroxyl groups is 1. The molecule has 1 atom stereocenters. The van der Waals surface area contributed by atoms with Crippen molar-refractivity contribution < 1.29 is 5.11 Å². The van der Waals surface area contributed by atoms with Gasteiger partial charge in [-0.3, -0.25) is 0 Å². The molecule has 0 aromatic carbocycles. The normalized spacial score (nSPS) is 25.9. The highest BCUT2D eigenvalue weighted by molar-refractivity contribution is 6.29. The Morgan fingerprint density at radius 1 is 1.64 bits per heavy atom. The van der Waals surface area contributed by atoms with E-state index in [0.29, 0.717) is 5.15 Å². The van der Waals surface area contributed by atoms with E-state index in [2.05, 4.69) is 4.98 Å². The molecule has 1 aromatic rings. The first-order valence-electron chi connectivity index (χ1n) is 4.70. The fourth-order valence-corrected chi connectivity index (χ4v) is 2.20. The third-order valence-electron chi connectivity index (χ3n) is 2.84. The Balaban J connectivity index is 2.50. The van der Waals surface area contributed by atoms with Crippen molar-refractivity contribution in [1.29, 1.82) is 0 Å². The molecule has 0 radical (unpaired) electrons. The molecule has 3 nitrogen and oxygen atoms in total. The van der Waals surface area contributed by atoms with Crippen LogP contribution in [0.25, 0.3) is 0 Å². The first-order chi connectivity index (χ1) is 6.65. The summed E-state index contributed by atoms with van der Waals surface area (Å²) in [7, 11) is 0. The van der Waals surface area contributed by atoms with E-state index >= 15 is 0 Å². The zero-order chi connectivity index (χ0) is 10.2. The smallest absolute Gasteiger partial charge is 0.129 e. The highest BCUT2D eigenvalue weighted by atomic mass is 35.5. The lowest BCUT2D eigenvalue weighted by atomic mass is 9.79. The van der Waals surface area contributed by atoms with Gasteiger partial charge in [0.25, 0.3) is 0 Å². The fraction of sp³-hybridized carbons (Fsp3) is 0.500. The number of fused-ring (bicyclic) bond motifs is 1. The molecule has 0 fully saturated rings. The molecular weight excluding hydrogens is 200 g/mol. The molecule has 0 bridgehead atoms. The predicted octanol–water partition coefficient (Wildman–Crippen LogP) is 1.22. The number of nitrogens with two attached hydrogens (primary N) is 1. The molecule has 2 rings (SSSR count). The fourth-order valence-electron chi connectivity index (χ4n) is 2.02. The Kier molecular flexibility index (Phi) is 2.47. The van der Waals surface area contributed by atoms with Gasteiger partial charge in [-0.05, 0) is 36.5 Å². The maximum atomic E-state index is 9.28. The SMILES string of the molecule is N[C@@]1(CO)CCCc2cc(Cl)ncc21. The maximum absolute atomic E-state index is 9.28. The molecule has 0 saturated heterocycles. The van der Waals surface area contributed by atoms with Crippen LogP contribution in [0.5, 0.6) is 0 Å². The van der Waals surface area contributed by atoms with Crippen LogP contribution in [0.15, 0.2) is 12.3 Å². The second-order valence-corrected chi connectivity index (χ2v) is 4.22. The van der Waals surface area contributed by atoms with Gasteiger partial charge in [-0.1, -0.05) is 11.6 Å². The average Bonchev–Trinajstić information content (AvgIpc) is 2.18. The minimum Gasteiger partial charge on any atom is -0.394 e. The lowest BCUT2D eigenvalue weighted by Crippen LogP contribution is -2.43. The summed E-state index contributed by atoms with van der Waals surface area (Å²) in [6.07, 6.45) is 4.45. The summed E-state index contributed by atoms with van der Waals surface area (Å²) in [5.74, 6) is 0. The van der Waals surface area contributed by atoms with E-state index in [9.17, 15) is 5.11 Å². The molecule has 0 saturated carbocycles. The van der Waals surface area contributed by atoms with Gasteiger partial charge in [-0.2, -0.15) is 0 Å². The largest absolute Gasteiger partial charge is 0.394 e. The van der Waals surface area contributed by atoms with Gasteiger partial charge >= 0.3 is 0 Å². The maximum Gasteiger partial charge on any atom is 0.129 e. The molecule has 4 heteroatoms. The van der Waals surface area contributed by atoms with E-state index < -0.39 is 5.54 Å². The lowest BCUT2D eigenvalue weighted by Gasteiger charge is -2.33. The summed E-state index contributed by atoms with van der Waals surface area (Å²) < 4.78 is 0. The van der Waals surface area contributed by atoms with Crippen molar-refractivity contribution in [1.82, 2.24) is 4.98 Å². The third kappa shape index (κ3) is 1.52. The number of halogens is 1. The molecule has 0 amide bonds. The van der Waals surface area contributed by atoms with Crippen LogP contribution in [-0.4, -0.2) is 16.7 Å². The van der Waals surface area contributed by atoms with Crippen molar-refractivity contribution in [2.24, 2.45) is 5.73 Å². The molecule has 1 aliphatic rings. The molecular formula is C10H13ClN2O. The van der Waals surface area contributed by atoms with Crippen LogP contribution in [-0.2, 0) is 12.0 Å². The first kappa shape index (κ1) is 9.90. The van der Waals surface area contributed by atoms with Crippen LogP contribution >= 0.6 is 11.6 Å². The molecule has 1 aromatic heterocycles. The summed E-state index contributed by atoms with van der Waals surface area (Å²) in [6, 6.07) is 1.84. The van der Waals surface area contributed by atoms with Crippen molar-refractivity contribution in [3.8, 4) is 0 Å². The molecule has 76 valence electrons. The minimum absolute atomic E-state index is 0.0384. The van der Waals surface area contributed by atoms with Gasteiger partial charge < -0.3 is 10.8 Å². The van der Waals surface area contributed by atoms with Crippen molar-refractivity contribution in [2.75, 3.05) is 6.61 Å². The Morgan fingerprint density at radius 2 is 2.43 bits per heavy atom. The quantitative estimate of drug-likeness (QED) is 0.689. The Bertz CT molecular complexity index is 356. The second kappa shape index (κ2) is 3.50. The van der Waals surface area contributed by atoms with Crippen LogP contribution in [0.1, 0.15) is 24.0 Å². The third-order valence-corrected chi connectivity index (χ3v) is 3.05. The van der Waals surface area contributed by atoms with E-state index in [1.165, 1.54) is 0 Å². The van der Waals surface area contributed by atoms with Crippen LogP contribution in [0, 0.1) is 0 Å². The van der Waals surface area contributed by atoms with E-state index in [1.54, 1.807) is 6.20 Å². The number of pyridine rings is 1. The number of aryl methyl sites for hydroxylation is 1. The molecule has 14 heavy (non-hydrogen) atoms. The number of hydrogen-bond donors (Lipinski definition) is 2. The average molecular weight is 213 g/mol. The number of hydrogen-bond acceptors (Lipinski definition) is 3. The molecule has 3 N–H and O–H groups in total. The van der Waals surface area contributed by atoms with Crippen molar-refractivity contribution in [3.63, 3.8) is 0 Å². The molecule has 0 unspecified atom stereocenters. The van der Waals surface area contributed by atoms with E-state index in [0.717, 1.165) is 30.4 Å². The van der Waals surface area contributed by atoms with E-state index in [1.807, 2.05) is 6.07 Å². The number of aliphatic hydroxyl groups excluding tert-OH is 1. The molecule has 0 aliphatic heterocycles. The van der Waals surface area contributed by atoms with E-state index in [-0.39, 0.29) is 6.61 Å². The zero-order valence-electron chi connectivity index (χ0n) is 7.83. The number of rotatable bonds is 1. The second-order valence-electron chi connectivity index (χ2n) is 3.83. The first-order valence-corrected chi connectivity index (χ1v) is 5.08. The van der Waals surface area contributed by atoms with Crippen LogP contribution in [0.4, 0.5) is 0 Å². The van der Waals surface area contributed by atoms with Gasteiger partial charge in [0.15, 0.2) is 0 Å². The van der Waals surface area contributed by atoms with Crippen molar-refractivity contribution in [3.05, 3.63) is 28.5 Å². The summed E-state index contributed by atoms with van der Waals surface area (Å²) >= 11 is 5.80. The molecule has 1 aliphatic carbocycles. The lowest BCUT2D eigenvalue weighted by molar-refractivity contribution is 0.178. The van der Waals surface area contributed by atoms with Crippen LogP contribution < -0.4 is 5.73 Å². The summed E-state index contributed by atoms with van der Waals surface area (Å²) in [4.78, 5) is 4.01. The number of aromatic nitrogens is 1. The van der Waals surface area contributed by atoms with E-state index in [4.69, 9.17) is 17.3 Å². The van der Waals surface area contributed by atoms with Gasteiger partial charge in [0.1, 0.15) is 5.15 Å². The Hall–Kier alpha value is -0.640. The standard InChI is InChI=1S/C10H13ClN2O/c11-9-4-7-2-1-3-10(12,6-14)8(7)5-13-9/h4-5,14H,1-3,6,12H2/t10-/m1/s1. The van der Waals surface area contributed by atoms with Crippen LogP contribution in [0.3, 0.4) is 0 Å². The van der Waals surface area contributed by atoms with Gasteiger partial charge in [-0.25, -0.2) is 4.98 Å². The van der Waals surface area contributed by atoms with Gasteiger partial charge in [-0.15, -0.1) is 0 Å². The topological polar surface area (TPSA) is 59.1 Å². The predicted molar refractivity (Wildman–Crippen MR) is 55.1 cm³/mol. The molecule has 0 spiro atoms. The zero-order valence-corrected chi connectivity index (χ0v) is 8.59. The monoisotopic (exact) mass is 212 g/mol. The van der Waals surface area contributed by atoms with Gasteiger partial charge in [0, 0.05) is 6.20 Å².